The van der Waals surface area contributed by atoms with Crippen molar-refractivity contribution in [2.45, 2.75) is 13.0 Å². The molecule has 0 heterocycles. The lowest BCUT2D eigenvalue weighted by Crippen LogP contribution is -1.97. The Morgan fingerprint density at radius 3 is 2.42 bits per heavy atom. The molecule has 1 rings (SSSR count). The second-order valence-electron chi connectivity index (χ2n) is 2.46. The molecular formula is C8H7Br2FO. The van der Waals surface area contributed by atoms with E-state index in [1.54, 1.807) is 6.07 Å². The fraction of sp³-hybridized carbons (Fsp3) is 0.250. The van der Waals surface area contributed by atoms with E-state index in [1.165, 1.54) is 13.0 Å². The van der Waals surface area contributed by atoms with E-state index in [2.05, 4.69) is 31.9 Å². The van der Waals surface area contributed by atoms with Gasteiger partial charge >= 0.3 is 0 Å². The third-order valence-electron chi connectivity index (χ3n) is 1.46. The maximum absolute atomic E-state index is 13.1. The van der Waals surface area contributed by atoms with Crippen molar-refractivity contribution in [3.8, 4) is 0 Å². The molecule has 66 valence electrons. The monoisotopic (exact) mass is 296 g/mol. The Kier molecular flexibility index (Phi) is 3.26. The summed E-state index contributed by atoms with van der Waals surface area (Å²) in [5.74, 6) is -0.411. The van der Waals surface area contributed by atoms with Gasteiger partial charge in [-0.25, -0.2) is 4.39 Å². The van der Waals surface area contributed by atoms with Gasteiger partial charge in [0, 0.05) is 14.5 Å². The molecule has 4 heteroatoms. The molecule has 0 fully saturated rings. The molecule has 1 aromatic rings. The van der Waals surface area contributed by atoms with E-state index in [9.17, 15) is 9.50 Å². The molecule has 0 radical (unpaired) electrons. The lowest BCUT2D eigenvalue weighted by molar-refractivity contribution is 0.193. The summed E-state index contributed by atoms with van der Waals surface area (Å²) in [6.45, 7) is 1.52. The average molecular weight is 298 g/mol. The largest absolute Gasteiger partial charge is 0.389 e. The van der Waals surface area contributed by atoms with Gasteiger partial charge < -0.3 is 5.11 Å². The number of benzene rings is 1. The average Bonchev–Trinajstić information content (AvgIpc) is 1.82. The van der Waals surface area contributed by atoms with E-state index >= 15 is 0 Å². The predicted molar refractivity (Wildman–Crippen MR) is 52.4 cm³/mol. The lowest BCUT2D eigenvalue weighted by atomic mass is 10.1. The van der Waals surface area contributed by atoms with Crippen LogP contribution in [0.1, 0.15) is 18.6 Å². The summed E-state index contributed by atoms with van der Waals surface area (Å²) in [5.41, 5.74) is 0.290. The van der Waals surface area contributed by atoms with Gasteiger partial charge in [0.1, 0.15) is 5.82 Å². The number of halogens is 3. The first-order valence-corrected chi connectivity index (χ1v) is 4.93. The van der Waals surface area contributed by atoms with Crippen LogP contribution < -0.4 is 0 Å². The van der Waals surface area contributed by atoms with Crippen molar-refractivity contribution in [2.24, 2.45) is 0 Å². The number of aliphatic hydroxyl groups is 1. The molecular weight excluding hydrogens is 291 g/mol. The van der Waals surface area contributed by atoms with Crippen LogP contribution in [0.2, 0.25) is 0 Å². The Bertz CT molecular complexity index is 276. The van der Waals surface area contributed by atoms with E-state index in [0.717, 1.165) is 0 Å². The number of rotatable bonds is 1. The fourth-order valence-electron chi connectivity index (χ4n) is 0.952. The number of hydrogen-bond acceptors (Lipinski definition) is 1. The first-order chi connectivity index (χ1) is 5.52. The summed E-state index contributed by atoms with van der Waals surface area (Å²) in [6.07, 6.45) is -0.799. The Hall–Kier alpha value is 0.0700. The summed E-state index contributed by atoms with van der Waals surface area (Å²) in [4.78, 5) is 0. The standard InChI is InChI=1S/C8H7Br2FO/c1-4(12)8-6(10)2-5(9)3-7(8)11/h2-4,12H,1H3. The van der Waals surface area contributed by atoms with Gasteiger partial charge in [-0.2, -0.15) is 0 Å². The van der Waals surface area contributed by atoms with Crippen LogP contribution in [-0.4, -0.2) is 5.11 Å². The summed E-state index contributed by atoms with van der Waals surface area (Å²) in [7, 11) is 0. The molecule has 0 aliphatic rings. The van der Waals surface area contributed by atoms with E-state index in [4.69, 9.17) is 0 Å². The summed E-state index contributed by atoms with van der Waals surface area (Å²) in [5, 5.41) is 9.19. The molecule has 1 nitrogen and oxygen atoms in total. The highest BCUT2D eigenvalue weighted by Gasteiger charge is 2.12. The molecule has 0 saturated carbocycles. The fourth-order valence-corrected chi connectivity index (χ4v) is 2.46. The molecule has 0 bridgehead atoms. The summed E-state index contributed by atoms with van der Waals surface area (Å²) >= 11 is 6.31. The van der Waals surface area contributed by atoms with Gasteiger partial charge in [-0.05, 0) is 19.1 Å². The van der Waals surface area contributed by atoms with Gasteiger partial charge in [0.25, 0.3) is 0 Å². The minimum atomic E-state index is -0.799. The van der Waals surface area contributed by atoms with Crippen molar-refractivity contribution in [1.82, 2.24) is 0 Å². The van der Waals surface area contributed by atoms with Gasteiger partial charge in [0.2, 0.25) is 0 Å². The maximum Gasteiger partial charge on any atom is 0.131 e. The molecule has 1 N–H and O–H groups in total. The Morgan fingerprint density at radius 1 is 1.42 bits per heavy atom. The topological polar surface area (TPSA) is 20.2 Å². The van der Waals surface area contributed by atoms with Crippen LogP contribution in [0.3, 0.4) is 0 Å². The molecule has 0 amide bonds. The minimum absolute atomic E-state index is 0.290. The van der Waals surface area contributed by atoms with Crippen LogP contribution in [0, 0.1) is 5.82 Å². The van der Waals surface area contributed by atoms with Crippen LogP contribution in [0.25, 0.3) is 0 Å². The van der Waals surface area contributed by atoms with Crippen molar-refractivity contribution in [1.29, 1.82) is 0 Å². The highest BCUT2D eigenvalue weighted by Crippen LogP contribution is 2.29. The van der Waals surface area contributed by atoms with Crippen molar-refractivity contribution in [3.05, 3.63) is 32.5 Å². The Labute approximate surface area is 86.9 Å². The van der Waals surface area contributed by atoms with E-state index < -0.39 is 11.9 Å². The smallest absolute Gasteiger partial charge is 0.131 e. The van der Waals surface area contributed by atoms with Crippen LogP contribution in [0.15, 0.2) is 21.1 Å². The SMILES string of the molecule is CC(O)c1c(F)cc(Br)cc1Br. The molecule has 0 aliphatic heterocycles. The molecule has 12 heavy (non-hydrogen) atoms. The minimum Gasteiger partial charge on any atom is -0.389 e. The molecule has 1 atom stereocenters. The zero-order chi connectivity index (χ0) is 9.30. The molecule has 1 aromatic carbocycles. The third kappa shape index (κ3) is 2.06. The van der Waals surface area contributed by atoms with Crippen LogP contribution in [-0.2, 0) is 0 Å². The first kappa shape index (κ1) is 10.2. The van der Waals surface area contributed by atoms with E-state index in [-0.39, 0.29) is 0 Å². The van der Waals surface area contributed by atoms with Gasteiger partial charge in [0.15, 0.2) is 0 Å². The molecule has 1 unspecified atom stereocenters. The lowest BCUT2D eigenvalue weighted by Gasteiger charge is -2.08. The molecule has 0 aliphatic carbocycles. The molecule has 0 saturated heterocycles. The van der Waals surface area contributed by atoms with Gasteiger partial charge in [-0.1, -0.05) is 31.9 Å². The quantitative estimate of drug-likeness (QED) is 0.842. The van der Waals surface area contributed by atoms with E-state index in [1.807, 2.05) is 0 Å². The normalized spacial score (nSPS) is 13.1. The van der Waals surface area contributed by atoms with Crippen molar-refractivity contribution in [2.75, 3.05) is 0 Å². The van der Waals surface area contributed by atoms with Crippen LogP contribution >= 0.6 is 31.9 Å². The number of aliphatic hydroxyl groups excluding tert-OH is 1. The highest BCUT2D eigenvalue weighted by molar-refractivity contribution is 9.11. The van der Waals surface area contributed by atoms with Gasteiger partial charge in [-0.3, -0.25) is 0 Å². The molecule has 0 spiro atoms. The van der Waals surface area contributed by atoms with Gasteiger partial charge in [-0.15, -0.1) is 0 Å². The Morgan fingerprint density at radius 2 is 2.00 bits per heavy atom. The van der Waals surface area contributed by atoms with Crippen molar-refractivity contribution < 1.29 is 9.50 Å². The highest BCUT2D eigenvalue weighted by atomic mass is 79.9. The predicted octanol–water partition coefficient (Wildman–Crippen LogP) is 3.40. The van der Waals surface area contributed by atoms with Crippen molar-refractivity contribution >= 4 is 31.9 Å². The van der Waals surface area contributed by atoms with Crippen molar-refractivity contribution in [3.63, 3.8) is 0 Å². The van der Waals surface area contributed by atoms with Crippen LogP contribution in [0.5, 0.6) is 0 Å². The van der Waals surface area contributed by atoms with Gasteiger partial charge in [0.05, 0.1) is 6.10 Å². The summed E-state index contributed by atoms with van der Waals surface area (Å²) < 4.78 is 14.4. The van der Waals surface area contributed by atoms with E-state index in [0.29, 0.717) is 14.5 Å². The molecule has 0 aromatic heterocycles. The third-order valence-corrected chi connectivity index (χ3v) is 2.58. The zero-order valence-corrected chi connectivity index (χ0v) is 9.49. The zero-order valence-electron chi connectivity index (χ0n) is 6.31. The summed E-state index contributed by atoms with van der Waals surface area (Å²) in [6, 6.07) is 3.03. The van der Waals surface area contributed by atoms with Crippen LogP contribution in [0.4, 0.5) is 4.39 Å². The second kappa shape index (κ2) is 3.85. The first-order valence-electron chi connectivity index (χ1n) is 3.35. The number of hydrogen-bond donors (Lipinski definition) is 1. The Balaban J connectivity index is 3.28. The second-order valence-corrected chi connectivity index (χ2v) is 4.23. The maximum atomic E-state index is 13.1.